The molecule has 2 rings (SSSR count). The Morgan fingerprint density at radius 3 is 2.79 bits per heavy atom. The van der Waals surface area contributed by atoms with Gasteiger partial charge in [-0.2, -0.15) is 16.1 Å². The van der Waals surface area contributed by atoms with Gasteiger partial charge in [-0.25, -0.2) is 4.98 Å². The molecule has 0 atom stereocenters. The van der Waals surface area contributed by atoms with Gasteiger partial charge in [0.2, 0.25) is 0 Å². The molecular weight excluding hydrogens is 214 g/mol. The molecule has 1 saturated carbocycles. The molecule has 0 bridgehead atoms. The zero-order chi connectivity index (χ0) is 9.80. The molecule has 1 heterocycles. The summed E-state index contributed by atoms with van der Waals surface area (Å²) in [5.74, 6) is 1.83. The SMILES string of the molecule is Nc1nc(CSC2CCCCC2)ns1. The molecule has 1 aromatic heterocycles. The number of rotatable bonds is 3. The van der Waals surface area contributed by atoms with Gasteiger partial charge in [-0.15, -0.1) is 0 Å². The largest absolute Gasteiger partial charge is 0.374 e. The molecule has 0 aromatic carbocycles. The minimum atomic E-state index is 0.587. The zero-order valence-corrected chi connectivity index (χ0v) is 9.74. The number of hydrogen-bond donors (Lipinski definition) is 1. The second-order valence-corrected chi connectivity index (χ2v) is 5.69. The maximum absolute atomic E-state index is 5.52. The van der Waals surface area contributed by atoms with Gasteiger partial charge in [0.15, 0.2) is 11.0 Å². The summed E-state index contributed by atoms with van der Waals surface area (Å²) in [4.78, 5) is 4.16. The predicted molar refractivity (Wildman–Crippen MR) is 62.5 cm³/mol. The van der Waals surface area contributed by atoms with Crippen LogP contribution < -0.4 is 5.73 Å². The average Bonchev–Trinajstić information content (AvgIpc) is 2.63. The highest BCUT2D eigenvalue weighted by Gasteiger charge is 2.14. The Labute approximate surface area is 92.7 Å². The predicted octanol–water partition coefficient (Wildman–Crippen LogP) is 2.69. The maximum Gasteiger partial charge on any atom is 0.199 e. The highest BCUT2D eigenvalue weighted by Crippen LogP contribution is 2.30. The molecule has 1 fully saturated rings. The van der Waals surface area contributed by atoms with Crippen LogP contribution in [0, 0.1) is 0 Å². The Balaban J connectivity index is 1.76. The van der Waals surface area contributed by atoms with Crippen molar-refractivity contribution in [1.29, 1.82) is 0 Å². The van der Waals surface area contributed by atoms with Crippen molar-refractivity contribution in [3.63, 3.8) is 0 Å². The van der Waals surface area contributed by atoms with E-state index in [1.54, 1.807) is 0 Å². The third-order valence-corrected chi connectivity index (χ3v) is 4.43. The molecular formula is C9H15N3S2. The van der Waals surface area contributed by atoms with Crippen LogP contribution in [-0.2, 0) is 5.75 Å². The average molecular weight is 229 g/mol. The van der Waals surface area contributed by atoms with Crippen molar-refractivity contribution in [1.82, 2.24) is 9.36 Å². The van der Waals surface area contributed by atoms with E-state index in [0.29, 0.717) is 5.13 Å². The van der Waals surface area contributed by atoms with Gasteiger partial charge < -0.3 is 5.73 Å². The van der Waals surface area contributed by atoms with E-state index in [4.69, 9.17) is 5.73 Å². The molecule has 5 heteroatoms. The Morgan fingerprint density at radius 1 is 1.36 bits per heavy atom. The van der Waals surface area contributed by atoms with Crippen molar-refractivity contribution in [3.05, 3.63) is 5.82 Å². The molecule has 78 valence electrons. The Bertz CT molecular complexity index is 281. The molecule has 0 saturated heterocycles. The Hall–Kier alpha value is -0.290. The Kier molecular flexibility index (Phi) is 3.64. The number of thioether (sulfide) groups is 1. The van der Waals surface area contributed by atoms with Gasteiger partial charge in [0.1, 0.15) is 0 Å². The fraction of sp³-hybridized carbons (Fsp3) is 0.778. The molecule has 0 spiro atoms. The van der Waals surface area contributed by atoms with Gasteiger partial charge in [0.05, 0.1) is 5.75 Å². The van der Waals surface area contributed by atoms with E-state index in [2.05, 4.69) is 9.36 Å². The lowest BCUT2D eigenvalue weighted by atomic mass is 10.0. The third-order valence-electron chi connectivity index (χ3n) is 2.48. The van der Waals surface area contributed by atoms with Gasteiger partial charge in [-0.3, -0.25) is 0 Å². The molecule has 14 heavy (non-hydrogen) atoms. The van der Waals surface area contributed by atoms with E-state index in [0.717, 1.165) is 16.8 Å². The number of nitrogens with zero attached hydrogens (tertiary/aromatic N) is 2. The van der Waals surface area contributed by atoms with E-state index < -0.39 is 0 Å². The van der Waals surface area contributed by atoms with Crippen LogP contribution in [0.1, 0.15) is 37.9 Å². The number of hydrogen-bond acceptors (Lipinski definition) is 5. The summed E-state index contributed by atoms with van der Waals surface area (Å²) in [6.45, 7) is 0. The zero-order valence-electron chi connectivity index (χ0n) is 8.11. The first-order valence-corrected chi connectivity index (χ1v) is 6.86. The molecule has 1 aliphatic carbocycles. The topological polar surface area (TPSA) is 51.8 Å². The third kappa shape index (κ3) is 2.85. The summed E-state index contributed by atoms with van der Waals surface area (Å²) < 4.78 is 4.18. The van der Waals surface area contributed by atoms with Crippen LogP contribution in [0.2, 0.25) is 0 Å². The number of aromatic nitrogens is 2. The first-order valence-electron chi connectivity index (χ1n) is 5.04. The maximum atomic E-state index is 5.52. The summed E-state index contributed by atoms with van der Waals surface area (Å²) in [6.07, 6.45) is 6.93. The minimum absolute atomic E-state index is 0.587. The lowest BCUT2D eigenvalue weighted by Gasteiger charge is -2.20. The quantitative estimate of drug-likeness (QED) is 0.866. The van der Waals surface area contributed by atoms with Crippen LogP contribution in [0.4, 0.5) is 5.13 Å². The summed E-state index contributed by atoms with van der Waals surface area (Å²) in [7, 11) is 0. The van der Waals surface area contributed by atoms with E-state index >= 15 is 0 Å². The molecule has 0 radical (unpaired) electrons. The van der Waals surface area contributed by atoms with Crippen molar-refractivity contribution < 1.29 is 0 Å². The van der Waals surface area contributed by atoms with Crippen LogP contribution in [0.25, 0.3) is 0 Å². The second kappa shape index (κ2) is 4.98. The van der Waals surface area contributed by atoms with Crippen molar-refractivity contribution in [2.24, 2.45) is 0 Å². The summed E-state index contributed by atoms with van der Waals surface area (Å²) in [6, 6.07) is 0. The highest BCUT2D eigenvalue weighted by atomic mass is 32.2. The lowest BCUT2D eigenvalue weighted by Crippen LogP contribution is -2.08. The van der Waals surface area contributed by atoms with Crippen LogP contribution in [0.15, 0.2) is 0 Å². The molecule has 2 N–H and O–H groups in total. The van der Waals surface area contributed by atoms with E-state index in [-0.39, 0.29) is 0 Å². The van der Waals surface area contributed by atoms with Gasteiger partial charge in [-0.1, -0.05) is 19.3 Å². The van der Waals surface area contributed by atoms with Gasteiger partial charge in [0.25, 0.3) is 0 Å². The number of nitrogens with two attached hydrogens (primary N) is 1. The van der Waals surface area contributed by atoms with Crippen molar-refractivity contribution in [2.45, 2.75) is 43.1 Å². The minimum Gasteiger partial charge on any atom is -0.374 e. The fourth-order valence-electron chi connectivity index (χ4n) is 1.75. The summed E-state index contributed by atoms with van der Waals surface area (Å²) in [5, 5.41) is 1.41. The summed E-state index contributed by atoms with van der Waals surface area (Å²) in [5.41, 5.74) is 5.52. The molecule has 0 aliphatic heterocycles. The number of anilines is 1. The number of nitrogen functional groups attached to an aromatic ring is 1. The first kappa shape index (κ1) is 10.2. The van der Waals surface area contributed by atoms with E-state index in [1.807, 2.05) is 11.8 Å². The monoisotopic (exact) mass is 229 g/mol. The highest BCUT2D eigenvalue weighted by molar-refractivity contribution is 7.99. The lowest BCUT2D eigenvalue weighted by molar-refractivity contribution is 0.516. The van der Waals surface area contributed by atoms with E-state index in [1.165, 1.54) is 43.6 Å². The first-order chi connectivity index (χ1) is 6.84. The smallest absolute Gasteiger partial charge is 0.199 e. The standard InChI is InChI=1S/C9H15N3S2/c10-9-11-8(12-14-9)6-13-7-4-2-1-3-5-7/h7H,1-6H2,(H2,10,11,12). The summed E-state index contributed by atoms with van der Waals surface area (Å²) >= 11 is 3.28. The van der Waals surface area contributed by atoms with Crippen molar-refractivity contribution in [2.75, 3.05) is 5.73 Å². The van der Waals surface area contributed by atoms with Gasteiger partial charge >= 0.3 is 0 Å². The normalized spacial score (nSPS) is 18.6. The van der Waals surface area contributed by atoms with Crippen LogP contribution >= 0.6 is 23.3 Å². The molecule has 3 nitrogen and oxygen atoms in total. The molecule has 0 unspecified atom stereocenters. The van der Waals surface area contributed by atoms with Gasteiger partial charge in [0, 0.05) is 16.8 Å². The van der Waals surface area contributed by atoms with Crippen molar-refractivity contribution in [3.8, 4) is 0 Å². The Morgan fingerprint density at radius 2 is 2.14 bits per heavy atom. The second-order valence-electron chi connectivity index (χ2n) is 3.62. The molecule has 1 aliphatic rings. The van der Waals surface area contributed by atoms with Crippen molar-refractivity contribution >= 4 is 28.4 Å². The molecule has 0 amide bonds. The van der Waals surface area contributed by atoms with E-state index in [9.17, 15) is 0 Å². The van der Waals surface area contributed by atoms with Gasteiger partial charge in [-0.05, 0) is 12.8 Å². The van der Waals surface area contributed by atoms with Crippen LogP contribution in [-0.4, -0.2) is 14.6 Å². The molecule has 1 aromatic rings. The fourth-order valence-corrected chi connectivity index (χ4v) is 3.46. The van der Waals surface area contributed by atoms with Crippen LogP contribution in [0.3, 0.4) is 0 Å². The van der Waals surface area contributed by atoms with Crippen LogP contribution in [0.5, 0.6) is 0 Å².